The number of nitrogens with zero attached hydrogens (tertiary/aromatic N) is 1. The van der Waals surface area contributed by atoms with Crippen molar-refractivity contribution in [3.63, 3.8) is 0 Å². The number of carbonyl (C=O) groups is 2. The van der Waals surface area contributed by atoms with Gasteiger partial charge < -0.3 is 15.4 Å². The van der Waals surface area contributed by atoms with Crippen molar-refractivity contribution in [2.45, 2.75) is 13.8 Å². The second-order valence-electron chi connectivity index (χ2n) is 5.13. The fraction of sp³-hybridized carbons (Fsp3) is 0.312. The van der Waals surface area contributed by atoms with E-state index in [1.165, 1.54) is 0 Å². The maximum Gasteiger partial charge on any atom is 0.325 e. The molecule has 0 unspecified atom stereocenters. The molecule has 0 aliphatic carbocycles. The van der Waals surface area contributed by atoms with Gasteiger partial charge in [0.25, 0.3) is 5.91 Å². The first-order valence-electron chi connectivity index (χ1n) is 7.39. The van der Waals surface area contributed by atoms with Crippen LogP contribution in [0.1, 0.15) is 20.9 Å². The normalized spacial score (nSPS) is 10.3. The molecule has 0 radical (unpaired) electrons. The number of amides is 3. The molecule has 0 bridgehead atoms. The number of anilines is 2. The molecule has 0 saturated carbocycles. The topological polar surface area (TPSA) is 92.4 Å². The van der Waals surface area contributed by atoms with Gasteiger partial charge in [-0.3, -0.25) is 10.1 Å². The largest absolute Gasteiger partial charge is 0.383 e. The van der Waals surface area contributed by atoms with Gasteiger partial charge in [0, 0.05) is 19.3 Å². The molecule has 0 atom stereocenters. The van der Waals surface area contributed by atoms with E-state index in [4.69, 9.17) is 4.74 Å². The molecule has 7 nitrogen and oxygen atoms in total. The fourth-order valence-electron chi connectivity index (χ4n) is 1.90. The third-order valence-electron chi connectivity index (χ3n) is 3.12. The van der Waals surface area contributed by atoms with Crippen molar-refractivity contribution >= 4 is 34.1 Å². The van der Waals surface area contributed by atoms with E-state index < -0.39 is 6.03 Å². The summed E-state index contributed by atoms with van der Waals surface area (Å²) in [6.45, 7) is 4.56. The van der Waals surface area contributed by atoms with Crippen molar-refractivity contribution in [2.24, 2.45) is 0 Å². The third kappa shape index (κ3) is 5.04. The van der Waals surface area contributed by atoms with Gasteiger partial charge in [0.05, 0.1) is 12.3 Å². The standard InChI is InChI=1S/C16H20N4O3S/c1-10-4-6-12(7-5-10)19-15(22)20-16-18-11(2)13(24-16)14(21)17-8-9-23-3/h4-7H,8-9H2,1-3H3,(H,17,21)(H2,18,19,20,22). The predicted molar refractivity (Wildman–Crippen MR) is 94.9 cm³/mol. The lowest BCUT2D eigenvalue weighted by Crippen LogP contribution is -2.26. The number of aromatic nitrogens is 1. The summed E-state index contributed by atoms with van der Waals surface area (Å²) in [5.41, 5.74) is 2.37. The fourth-order valence-corrected chi connectivity index (χ4v) is 2.78. The minimum atomic E-state index is -0.404. The summed E-state index contributed by atoms with van der Waals surface area (Å²) in [5, 5.41) is 8.46. The summed E-state index contributed by atoms with van der Waals surface area (Å²) >= 11 is 1.13. The molecule has 128 valence electrons. The summed E-state index contributed by atoms with van der Waals surface area (Å²) in [6, 6.07) is 7.05. The molecule has 3 amide bonds. The van der Waals surface area contributed by atoms with E-state index in [0.717, 1.165) is 16.9 Å². The Morgan fingerprint density at radius 3 is 2.54 bits per heavy atom. The highest BCUT2D eigenvalue weighted by Gasteiger charge is 2.16. The number of ether oxygens (including phenoxy) is 1. The highest BCUT2D eigenvalue weighted by atomic mass is 32.1. The van der Waals surface area contributed by atoms with Crippen LogP contribution in [-0.4, -0.2) is 37.2 Å². The molecule has 1 heterocycles. The SMILES string of the molecule is COCCNC(=O)c1sc(NC(=O)Nc2ccc(C)cc2)nc1C. The van der Waals surface area contributed by atoms with Crippen LogP contribution in [0.15, 0.2) is 24.3 Å². The maximum absolute atomic E-state index is 12.0. The lowest BCUT2D eigenvalue weighted by Gasteiger charge is -2.05. The Labute approximate surface area is 144 Å². The molecule has 3 N–H and O–H groups in total. The van der Waals surface area contributed by atoms with E-state index in [-0.39, 0.29) is 5.91 Å². The quantitative estimate of drug-likeness (QED) is 0.700. The Hall–Kier alpha value is -2.45. The molecule has 0 saturated heterocycles. The van der Waals surface area contributed by atoms with Crippen molar-refractivity contribution in [3.05, 3.63) is 40.4 Å². The molecule has 0 aliphatic rings. The monoisotopic (exact) mass is 348 g/mol. The highest BCUT2D eigenvalue weighted by Crippen LogP contribution is 2.22. The summed E-state index contributed by atoms with van der Waals surface area (Å²) in [5.74, 6) is -0.228. The summed E-state index contributed by atoms with van der Waals surface area (Å²) < 4.78 is 4.89. The second kappa shape index (κ2) is 8.42. The molecule has 0 spiro atoms. The van der Waals surface area contributed by atoms with Gasteiger partial charge in [0.2, 0.25) is 0 Å². The Balaban J connectivity index is 1.95. The van der Waals surface area contributed by atoms with E-state index in [1.54, 1.807) is 14.0 Å². The molecule has 2 aromatic rings. The lowest BCUT2D eigenvalue weighted by atomic mass is 10.2. The van der Waals surface area contributed by atoms with Crippen molar-refractivity contribution in [2.75, 3.05) is 30.9 Å². The summed E-state index contributed by atoms with van der Waals surface area (Å²) in [6.07, 6.45) is 0. The van der Waals surface area contributed by atoms with Crippen molar-refractivity contribution in [3.8, 4) is 0 Å². The number of rotatable bonds is 6. The summed E-state index contributed by atoms with van der Waals surface area (Å²) in [7, 11) is 1.57. The Morgan fingerprint density at radius 2 is 1.88 bits per heavy atom. The van der Waals surface area contributed by atoms with Crippen LogP contribution in [0.3, 0.4) is 0 Å². The molecule has 2 rings (SSSR count). The van der Waals surface area contributed by atoms with Gasteiger partial charge in [-0.05, 0) is 26.0 Å². The lowest BCUT2D eigenvalue weighted by molar-refractivity contribution is 0.0940. The molecule has 1 aromatic heterocycles. The number of thiazole rings is 1. The average molecular weight is 348 g/mol. The van der Waals surface area contributed by atoms with E-state index in [9.17, 15) is 9.59 Å². The first-order chi connectivity index (χ1) is 11.5. The zero-order valence-corrected chi connectivity index (χ0v) is 14.6. The van der Waals surface area contributed by atoms with Crippen LogP contribution < -0.4 is 16.0 Å². The van der Waals surface area contributed by atoms with Crippen molar-refractivity contribution in [1.82, 2.24) is 10.3 Å². The third-order valence-corrected chi connectivity index (χ3v) is 4.20. The van der Waals surface area contributed by atoms with Gasteiger partial charge in [-0.25, -0.2) is 9.78 Å². The van der Waals surface area contributed by atoms with Crippen LogP contribution in [0, 0.1) is 13.8 Å². The van der Waals surface area contributed by atoms with Crippen LogP contribution in [-0.2, 0) is 4.74 Å². The second-order valence-corrected chi connectivity index (χ2v) is 6.13. The molecular weight excluding hydrogens is 328 g/mol. The van der Waals surface area contributed by atoms with Crippen molar-refractivity contribution < 1.29 is 14.3 Å². The number of aryl methyl sites for hydroxylation is 2. The highest BCUT2D eigenvalue weighted by molar-refractivity contribution is 7.17. The van der Waals surface area contributed by atoms with Crippen LogP contribution in [0.2, 0.25) is 0 Å². The zero-order chi connectivity index (χ0) is 17.5. The van der Waals surface area contributed by atoms with Crippen LogP contribution in [0.25, 0.3) is 0 Å². The van der Waals surface area contributed by atoms with E-state index in [1.807, 2.05) is 31.2 Å². The molecule has 0 aliphatic heterocycles. The number of benzene rings is 1. The van der Waals surface area contributed by atoms with Gasteiger partial charge in [0.15, 0.2) is 5.13 Å². The Bertz CT molecular complexity index is 713. The van der Waals surface area contributed by atoms with Crippen LogP contribution >= 0.6 is 11.3 Å². The minimum absolute atomic E-state index is 0.228. The molecular formula is C16H20N4O3S. The number of carbonyl (C=O) groups excluding carboxylic acids is 2. The first-order valence-corrected chi connectivity index (χ1v) is 8.20. The molecule has 0 fully saturated rings. The maximum atomic E-state index is 12.0. The summed E-state index contributed by atoms with van der Waals surface area (Å²) in [4.78, 5) is 28.7. The number of urea groups is 1. The smallest absolute Gasteiger partial charge is 0.325 e. The van der Waals surface area contributed by atoms with E-state index in [2.05, 4.69) is 20.9 Å². The minimum Gasteiger partial charge on any atom is -0.383 e. The van der Waals surface area contributed by atoms with Gasteiger partial charge in [-0.1, -0.05) is 29.0 Å². The van der Waals surface area contributed by atoms with Crippen LogP contribution in [0.4, 0.5) is 15.6 Å². The molecule has 1 aromatic carbocycles. The van der Waals surface area contributed by atoms with Crippen LogP contribution in [0.5, 0.6) is 0 Å². The van der Waals surface area contributed by atoms with Crippen molar-refractivity contribution in [1.29, 1.82) is 0 Å². The Kier molecular flexibility index (Phi) is 6.28. The predicted octanol–water partition coefficient (Wildman–Crippen LogP) is 2.78. The Morgan fingerprint density at radius 1 is 1.17 bits per heavy atom. The number of hydrogen-bond donors (Lipinski definition) is 3. The average Bonchev–Trinajstić information content (AvgIpc) is 2.90. The molecule has 8 heteroatoms. The molecule has 24 heavy (non-hydrogen) atoms. The number of hydrogen-bond acceptors (Lipinski definition) is 5. The zero-order valence-electron chi connectivity index (χ0n) is 13.8. The number of nitrogens with one attached hydrogen (secondary N) is 3. The van der Waals surface area contributed by atoms with E-state index >= 15 is 0 Å². The van der Waals surface area contributed by atoms with Gasteiger partial charge >= 0.3 is 6.03 Å². The number of methoxy groups -OCH3 is 1. The van der Waals surface area contributed by atoms with Gasteiger partial charge in [-0.2, -0.15) is 0 Å². The van der Waals surface area contributed by atoms with Gasteiger partial charge in [-0.15, -0.1) is 0 Å². The first kappa shape index (κ1) is 17.9. The van der Waals surface area contributed by atoms with Gasteiger partial charge in [0.1, 0.15) is 4.88 Å². The van der Waals surface area contributed by atoms with E-state index in [0.29, 0.717) is 34.5 Å².